The maximum atomic E-state index is 12.9. The molecule has 0 bridgehead atoms. The quantitative estimate of drug-likeness (QED) is 0.463. The molecule has 1 amide bonds. The van der Waals surface area contributed by atoms with Crippen molar-refractivity contribution in [2.24, 2.45) is 0 Å². The molecule has 1 atom stereocenters. The smallest absolute Gasteiger partial charge is 0.253 e. The highest BCUT2D eigenvalue weighted by Gasteiger charge is 2.16. The van der Waals surface area contributed by atoms with Gasteiger partial charge in [-0.3, -0.25) is 4.79 Å². The number of hydrogen-bond donors (Lipinski definition) is 0. The van der Waals surface area contributed by atoms with E-state index in [4.69, 9.17) is 16.3 Å². The molecule has 0 N–H and O–H groups in total. The van der Waals surface area contributed by atoms with Crippen LogP contribution >= 0.6 is 11.6 Å². The molecule has 2 aromatic carbocycles. The minimum atomic E-state index is -0.277. The second-order valence-corrected chi connectivity index (χ2v) is 7.20. The number of carbonyl (C=O) groups excluding carboxylic acids is 1. The van der Waals surface area contributed by atoms with Gasteiger partial charge in [0.15, 0.2) is 0 Å². The summed E-state index contributed by atoms with van der Waals surface area (Å²) in [6.45, 7) is 5.94. The highest BCUT2D eigenvalue weighted by molar-refractivity contribution is 6.22. The van der Waals surface area contributed by atoms with Crippen LogP contribution in [0, 0.1) is 0 Å². The lowest BCUT2D eigenvalue weighted by Gasteiger charge is -2.22. The Morgan fingerprint density at radius 3 is 2.19 bits per heavy atom. The monoisotopic (exact) mass is 387 g/mol. The van der Waals surface area contributed by atoms with Crippen LogP contribution in [0.15, 0.2) is 48.5 Å². The summed E-state index contributed by atoms with van der Waals surface area (Å²) in [6.07, 6.45) is 4.24. The van der Waals surface area contributed by atoms with Gasteiger partial charge in [-0.1, -0.05) is 51.0 Å². The average molecular weight is 388 g/mol. The highest BCUT2D eigenvalue weighted by Crippen LogP contribution is 2.31. The molecular weight excluding hydrogens is 358 g/mol. The van der Waals surface area contributed by atoms with Gasteiger partial charge in [0.25, 0.3) is 5.91 Å². The largest absolute Gasteiger partial charge is 0.497 e. The summed E-state index contributed by atoms with van der Waals surface area (Å²) in [5, 5.41) is -0.277. The molecule has 0 aliphatic carbocycles. The molecule has 3 nitrogen and oxygen atoms in total. The fourth-order valence-corrected chi connectivity index (χ4v) is 3.26. The van der Waals surface area contributed by atoms with Crippen molar-refractivity contribution < 1.29 is 9.53 Å². The van der Waals surface area contributed by atoms with E-state index in [0.717, 1.165) is 61.2 Å². The predicted molar refractivity (Wildman–Crippen MR) is 113 cm³/mol. The van der Waals surface area contributed by atoms with Crippen molar-refractivity contribution in [1.82, 2.24) is 4.90 Å². The van der Waals surface area contributed by atoms with E-state index in [1.165, 1.54) is 0 Å². The van der Waals surface area contributed by atoms with Crippen LogP contribution in [0.3, 0.4) is 0 Å². The summed E-state index contributed by atoms with van der Waals surface area (Å²) >= 11 is 6.64. The van der Waals surface area contributed by atoms with Crippen LogP contribution in [0.4, 0.5) is 0 Å². The van der Waals surface area contributed by atoms with Crippen molar-refractivity contribution in [2.75, 3.05) is 20.2 Å². The highest BCUT2D eigenvalue weighted by atomic mass is 35.5. The first-order valence-electron chi connectivity index (χ1n) is 9.78. The summed E-state index contributed by atoms with van der Waals surface area (Å²) in [6, 6.07) is 15.4. The summed E-state index contributed by atoms with van der Waals surface area (Å²) < 4.78 is 5.27. The van der Waals surface area contributed by atoms with Crippen LogP contribution in [-0.4, -0.2) is 31.0 Å². The SMILES string of the molecule is CCCCN(CCCC)C(=O)c1ccc(C(Cl)c2cccc(OC)c2)cc1. The number of halogens is 1. The Kier molecular flexibility index (Phi) is 8.66. The normalized spacial score (nSPS) is 11.9. The van der Waals surface area contributed by atoms with E-state index >= 15 is 0 Å². The van der Waals surface area contributed by atoms with Gasteiger partial charge < -0.3 is 9.64 Å². The summed E-state index contributed by atoms with van der Waals surface area (Å²) in [5.74, 6) is 0.892. The maximum Gasteiger partial charge on any atom is 0.253 e. The zero-order valence-electron chi connectivity index (χ0n) is 16.6. The first-order chi connectivity index (χ1) is 13.1. The number of alkyl halides is 1. The zero-order valence-corrected chi connectivity index (χ0v) is 17.3. The Labute approximate surface area is 168 Å². The Balaban J connectivity index is 2.13. The van der Waals surface area contributed by atoms with Crippen molar-refractivity contribution in [3.63, 3.8) is 0 Å². The molecule has 2 rings (SSSR count). The number of amides is 1. The lowest BCUT2D eigenvalue weighted by molar-refractivity contribution is 0.0751. The molecule has 0 saturated carbocycles. The lowest BCUT2D eigenvalue weighted by atomic mass is 10.0. The molecule has 0 heterocycles. The minimum absolute atomic E-state index is 0.107. The van der Waals surface area contributed by atoms with Crippen LogP contribution in [-0.2, 0) is 0 Å². The summed E-state index contributed by atoms with van der Waals surface area (Å²) in [4.78, 5) is 14.8. The topological polar surface area (TPSA) is 29.5 Å². The first kappa shape index (κ1) is 21.3. The fourth-order valence-electron chi connectivity index (χ4n) is 2.98. The van der Waals surface area contributed by atoms with Crippen molar-refractivity contribution in [1.29, 1.82) is 0 Å². The third-order valence-corrected chi connectivity index (χ3v) is 5.19. The van der Waals surface area contributed by atoms with Crippen molar-refractivity contribution in [3.05, 3.63) is 65.2 Å². The van der Waals surface area contributed by atoms with E-state index in [-0.39, 0.29) is 11.3 Å². The summed E-state index contributed by atoms with van der Waals surface area (Å²) in [5.41, 5.74) is 2.67. The first-order valence-corrected chi connectivity index (χ1v) is 10.2. The van der Waals surface area contributed by atoms with Crippen LogP contribution < -0.4 is 4.74 Å². The van der Waals surface area contributed by atoms with Crippen LogP contribution in [0.5, 0.6) is 5.75 Å². The van der Waals surface area contributed by atoms with Crippen LogP contribution in [0.25, 0.3) is 0 Å². The third-order valence-electron chi connectivity index (χ3n) is 4.69. The minimum Gasteiger partial charge on any atom is -0.497 e. The molecule has 0 aliphatic rings. The number of hydrogen-bond acceptors (Lipinski definition) is 2. The van der Waals surface area contributed by atoms with Gasteiger partial charge in [0.05, 0.1) is 12.5 Å². The van der Waals surface area contributed by atoms with Crippen molar-refractivity contribution in [2.45, 2.75) is 44.9 Å². The van der Waals surface area contributed by atoms with Gasteiger partial charge in [0, 0.05) is 18.7 Å². The Morgan fingerprint density at radius 1 is 1.00 bits per heavy atom. The molecule has 27 heavy (non-hydrogen) atoms. The zero-order chi connectivity index (χ0) is 19.6. The van der Waals surface area contributed by atoms with E-state index in [0.29, 0.717) is 0 Å². The molecule has 0 fully saturated rings. The Morgan fingerprint density at radius 2 is 1.63 bits per heavy atom. The van der Waals surface area contributed by atoms with Crippen LogP contribution in [0.1, 0.15) is 66.4 Å². The maximum absolute atomic E-state index is 12.9. The van der Waals surface area contributed by atoms with E-state index in [2.05, 4.69) is 13.8 Å². The molecule has 2 aromatic rings. The molecule has 146 valence electrons. The van der Waals surface area contributed by atoms with Gasteiger partial charge in [-0.2, -0.15) is 0 Å². The molecule has 1 unspecified atom stereocenters. The fraction of sp³-hybridized carbons (Fsp3) is 0.435. The third kappa shape index (κ3) is 6.00. The van der Waals surface area contributed by atoms with E-state index in [1.807, 2.05) is 53.4 Å². The van der Waals surface area contributed by atoms with Gasteiger partial charge in [0.1, 0.15) is 5.75 Å². The standard InChI is InChI=1S/C23H30ClNO2/c1-4-6-15-25(16-7-5-2)23(26)19-13-11-18(12-14-19)22(24)20-9-8-10-21(17-20)27-3/h8-14,17,22H,4-7,15-16H2,1-3H3. The Bertz CT molecular complexity index is 707. The van der Waals surface area contributed by atoms with E-state index in [1.54, 1.807) is 7.11 Å². The van der Waals surface area contributed by atoms with E-state index in [9.17, 15) is 4.79 Å². The van der Waals surface area contributed by atoms with Gasteiger partial charge in [-0.25, -0.2) is 0 Å². The molecule has 4 heteroatoms. The Hall–Kier alpha value is -2.00. The predicted octanol–water partition coefficient (Wildman–Crippen LogP) is 6.07. The average Bonchev–Trinajstić information content (AvgIpc) is 2.73. The molecule has 0 aromatic heterocycles. The number of ether oxygens (including phenoxy) is 1. The number of carbonyl (C=O) groups is 1. The molecule has 0 radical (unpaired) electrons. The number of nitrogens with zero attached hydrogens (tertiary/aromatic N) is 1. The van der Waals surface area contributed by atoms with Crippen molar-refractivity contribution in [3.8, 4) is 5.75 Å². The molecule has 0 aliphatic heterocycles. The lowest BCUT2D eigenvalue weighted by Crippen LogP contribution is -2.32. The molecule has 0 spiro atoms. The number of unbranched alkanes of at least 4 members (excludes halogenated alkanes) is 2. The molecular formula is C23H30ClNO2. The second-order valence-electron chi connectivity index (χ2n) is 6.76. The number of rotatable bonds is 10. The molecule has 0 saturated heterocycles. The summed E-state index contributed by atoms with van der Waals surface area (Å²) in [7, 11) is 1.64. The van der Waals surface area contributed by atoms with Gasteiger partial charge in [0.2, 0.25) is 0 Å². The van der Waals surface area contributed by atoms with E-state index < -0.39 is 0 Å². The van der Waals surface area contributed by atoms with Crippen LogP contribution in [0.2, 0.25) is 0 Å². The second kappa shape index (κ2) is 11.0. The van der Waals surface area contributed by atoms with Gasteiger partial charge in [-0.15, -0.1) is 11.6 Å². The van der Waals surface area contributed by atoms with Gasteiger partial charge >= 0.3 is 0 Å². The van der Waals surface area contributed by atoms with Crippen molar-refractivity contribution >= 4 is 17.5 Å². The van der Waals surface area contributed by atoms with Gasteiger partial charge in [-0.05, 0) is 48.2 Å². The number of methoxy groups -OCH3 is 1. The number of benzene rings is 2.